The second kappa shape index (κ2) is 6.64. The number of nitrogens with zero attached hydrogens (tertiary/aromatic N) is 1. The second-order valence-electron chi connectivity index (χ2n) is 5.79. The Morgan fingerprint density at radius 3 is 2.74 bits per heavy atom. The van der Waals surface area contributed by atoms with Crippen molar-refractivity contribution in [3.8, 4) is 0 Å². The van der Waals surface area contributed by atoms with Crippen LogP contribution in [-0.2, 0) is 4.74 Å². The van der Waals surface area contributed by atoms with Gasteiger partial charge in [-0.2, -0.15) is 0 Å². The quantitative estimate of drug-likeness (QED) is 0.669. The number of rotatable bonds is 3. The minimum atomic E-state index is -0.543. The van der Waals surface area contributed by atoms with Gasteiger partial charge < -0.3 is 4.74 Å². The molecule has 0 radical (unpaired) electrons. The molecule has 3 rings (SSSR count). The predicted molar refractivity (Wildman–Crippen MR) is 86.2 cm³/mol. The van der Waals surface area contributed by atoms with Crippen molar-refractivity contribution in [2.75, 3.05) is 5.32 Å². The van der Waals surface area contributed by atoms with Gasteiger partial charge in [0, 0.05) is 17.8 Å². The van der Waals surface area contributed by atoms with Crippen LogP contribution in [0.1, 0.15) is 25.7 Å². The minimum Gasteiger partial charge on any atom is -0.442 e. The number of non-ortho nitro benzene ring substituents is 1. The van der Waals surface area contributed by atoms with Gasteiger partial charge in [-0.1, -0.05) is 12.2 Å². The molecule has 1 N–H and O–H groups in total. The lowest BCUT2D eigenvalue weighted by Crippen LogP contribution is -2.26. The maximum absolute atomic E-state index is 11.9. The lowest BCUT2D eigenvalue weighted by atomic mass is 9.80. The molecule has 0 saturated heterocycles. The first-order valence-corrected chi connectivity index (χ1v) is 7.72. The fourth-order valence-corrected chi connectivity index (χ4v) is 3.03. The summed E-state index contributed by atoms with van der Waals surface area (Å²) in [6.07, 6.45) is 9.69. The first-order chi connectivity index (χ1) is 11.1. The van der Waals surface area contributed by atoms with Crippen LogP contribution in [0.4, 0.5) is 16.2 Å². The second-order valence-corrected chi connectivity index (χ2v) is 5.79. The van der Waals surface area contributed by atoms with Crippen LogP contribution in [0.5, 0.6) is 0 Å². The highest BCUT2D eigenvalue weighted by Gasteiger charge is 2.25. The number of nitrogens with one attached hydrogen (secondary N) is 1. The Labute approximate surface area is 134 Å². The van der Waals surface area contributed by atoms with E-state index in [4.69, 9.17) is 4.74 Å². The van der Waals surface area contributed by atoms with Gasteiger partial charge in [0.1, 0.15) is 6.10 Å². The summed E-state index contributed by atoms with van der Waals surface area (Å²) < 4.78 is 5.43. The number of fused-ring (bicyclic) bond motifs is 1. The summed E-state index contributed by atoms with van der Waals surface area (Å²) in [4.78, 5) is 22.1. The molecule has 2 aliphatic carbocycles. The van der Waals surface area contributed by atoms with E-state index in [1.54, 1.807) is 0 Å². The van der Waals surface area contributed by atoms with Gasteiger partial charge in [-0.3, -0.25) is 15.4 Å². The van der Waals surface area contributed by atoms with Crippen molar-refractivity contribution >= 4 is 17.5 Å². The molecule has 0 bridgehead atoms. The molecule has 2 aliphatic rings. The Kier molecular flexibility index (Phi) is 4.41. The SMILES string of the molecule is O=C(Nc1ccc([N+](=O)[O-])cc1)O[C@@H]1C=C2C=CCCC2CC1. The molecule has 1 amide bonds. The molecule has 1 aromatic rings. The molecule has 0 fully saturated rings. The van der Waals surface area contributed by atoms with Gasteiger partial charge in [-0.15, -0.1) is 0 Å². The third kappa shape index (κ3) is 3.77. The van der Waals surface area contributed by atoms with Gasteiger partial charge in [0.2, 0.25) is 0 Å². The van der Waals surface area contributed by atoms with Gasteiger partial charge in [0.05, 0.1) is 4.92 Å². The number of anilines is 1. The van der Waals surface area contributed by atoms with E-state index in [1.165, 1.54) is 36.3 Å². The molecule has 0 saturated carbocycles. The third-order valence-corrected chi connectivity index (χ3v) is 4.22. The zero-order valence-electron chi connectivity index (χ0n) is 12.6. The van der Waals surface area contributed by atoms with E-state index in [2.05, 4.69) is 17.5 Å². The van der Waals surface area contributed by atoms with E-state index in [1.807, 2.05) is 6.08 Å². The molecule has 1 aromatic carbocycles. The summed E-state index contributed by atoms with van der Waals surface area (Å²) in [5.74, 6) is 0.595. The number of allylic oxidation sites excluding steroid dienone is 3. The van der Waals surface area contributed by atoms with E-state index in [-0.39, 0.29) is 11.8 Å². The summed E-state index contributed by atoms with van der Waals surface area (Å²) in [5, 5.41) is 13.2. The number of nitro groups is 1. The molecular formula is C17H18N2O4. The highest BCUT2D eigenvalue weighted by atomic mass is 16.6. The first-order valence-electron chi connectivity index (χ1n) is 7.72. The van der Waals surface area contributed by atoms with Gasteiger partial charge in [0.25, 0.3) is 5.69 Å². The van der Waals surface area contributed by atoms with E-state index in [0.29, 0.717) is 11.6 Å². The Morgan fingerprint density at radius 2 is 2.00 bits per heavy atom. The van der Waals surface area contributed by atoms with Crippen molar-refractivity contribution in [3.05, 3.63) is 58.2 Å². The Balaban J connectivity index is 1.58. The summed E-state index contributed by atoms with van der Waals surface area (Å²) in [5.41, 5.74) is 1.71. The van der Waals surface area contributed by atoms with E-state index < -0.39 is 11.0 Å². The lowest BCUT2D eigenvalue weighted by molar-refractivity contribution is -0.384. The summed E-state index contributed by atoms with van der Waals surface area (Å²) in [6, 6.07) is 5.66. The van der Waals surface area contributed by atoms with Gasteiger partial charge in [-0.05, 0) is 55.4 Å². The van der Waals surface area contributed by atoms with Crippen LogP contribution in [0.15, 0.2) is 48.1 Å². The van der Waals surface area contributed by atoms with Crippen LogP contribution in [0.25, 0.3) is 0 Å². The lowest BCUT2D eigenvalue weighted by Gasteiger charge is -2.29. The summed E-state index contributed by atoms with van der Waals surface area (Å²) in [7, 11) is 0. The standard InChI is InChI=1S/C17H18N2O4/c20-17(18-14-6-8-15(9-7-14)19(21)22)23-16-10-5-12-3-1-2-4-13(12)11-16/h2,4,6-9,11-12,16H,1,3,5,10H2,(H,18,20)/t12?,16-/m0/s1. The van der Waals surface area contributed by atoms with Crippen molar-refractivity contribution in [1.82, 2.24) is 0 Å². The molecule has 2 atom stereocenters. The largest absolute Gasteiger partial charge is 0.442 e. The number of amides is 1. The molecule has 1 unspecified atom stereocenters. The van der Waals surface area contributed by atoms with E-state index in [0.717, 1.165) is 19.3 Å². The maximum atomic E-state index is 11.9. The van der Waals surface area contributed by atoms with Crippen molar-refractivity contribution in [3.63, 3.8) is 0 Å². The molecule has 23 heavy (non-hydrogen) atoms. The number of carbonyl (C=O) groups is 1. The highest BCUT2D eigenvalue weighted by Crippen LogP contribution is 2.33. The van der Waals surface area contributed by atoms with E-state index in [9.17, 15) is 14.9 Å². The number of benzene rings is 1. The number of ether oxygens (including phenoxy) is 1. The molecule has 6 heteroatoms. The topological polar surface area (TPSA) is 81.5 Å². The molecular weight excluding hydrogens is 296 g/mol. The Hall–Kier alpha value is -2.63. The fourth-order valence-electron chi connectivity index (χ4n) is 3.03. The van der Waals surface area contributed by atoms with Gasteiger partial charge >= 0.3 is 6.09 Å². The number of hydrogen-bond donors (Lipinski definition) is 1. The normalized spacial score (nSPS) is 22.7. The average Bonchev–Trinajstić information content (AvgIpc) is 2.55. The van der Waals surface area contributed by atoms with Crippen LogP contribution < -0.4 is 5.32 Å². The number of carbonyl (C=O) groups excluding carboxylic acids is 1. The van der Waals surface area contributed by atoms with Crippen molar-refractivity contribution < 1.29 is 14.5 Å². The summed E-state index contributed by atoms with van der Waals surface area (Å²) in [6.45, 7) is 0. The van der Waals surface area contributed by atoms with Crippen molar-refractivity contribution in [2.45, 2.75) is 31.8 Å². The van der Waals surface area contributed by atoms with Crippen LogP contribution in [0.3, 0.4) is 0 Å². The molecule has 0 aromatic heterocycles. The van der Waals surface area contributed by atoms with Crippen LogP contribution in [-0.4, -0.2) is 17.1 Å². The smallest absolute Gasteiger partial charge is 0.412 e. The average molecular weight is 314 g/mol. The third-order valence-electron chi connectivity index (χ3n) is 4.22. The summed E-state index contributed by atoms with van der Waals surface area (Å²) >= 11 is 0. The van der Waals surface area contributed by atoms with Crippen molar-refractivity contribution in [2.24, 2.45) is 5.92 Å². The Bertz CT molecular complexity index is 664. The zero-order valence-corrected chi connectivity index (χ0v) is 12.6. The number of nitro benzene ring substituents is 1. The van der Waals surface area contributed by atoms with E-state index >= 15 is 0 Å². The molecule has 0 heterocycles. The molecule has 0 spiro atoms. The van der Waals surface area contributed by atoms with Gasteiger partial charge in [-0.25, -0.2) is 4.79 Å². The molecule has 0 aliphatic heterocycles. The van der Waals surface area contributed by atoms with Crippen LogP contribution in [0.2, 0.25) is 0 Å². The predicted octanol–water partition coefficient (Wildman–Crippen LogP) is 4.20. The monoisotopic (exact) mass is 314 g/mol. The van der Waals surface area contributed by atoms with Crippen LogP contribution >= 0.6 is 0 Å². The highest BCUT2D eigenvalue weighted by molar-refractivity contribution is 5.84. The maximum Gasteiger partial charge on any atom is 0.412 e. The van der Waals surface area contributed by atoms with Gasteiger partial charge in [0.15, 0.2) is 0 Å². The minimum absolute atomic E-state index is 0.0175. The molecule has 6 nitrogen and oxygen atoms in total. The Morgan fingerprint density at radius 1 is 1.22 bits per heavy atom. The van der Waals surface area contributed by atoms with Crippen LogP contribution in [0, 0.1) is 16.0 Å². The van der Waals surface area contributed by atoms with Crippen molar-refractivity contribution in [1.29, 1.82) is 0 Å². The fraction of sp³-hybridized carbons (Fsp3) is 0.353. The first kappa shape index (κ1) is 15.3. The molecule has 120 valence electrons. The zero-order chi connectivity index (χ0) is 16.2. The number of hydrogen-bond acceptors (Lipinski definition) is 4.